The monoisotopic (exact) mass is 299 g/mol. The number of hydrogen-bond acceptors (Lipinski definition) is 4. The van der Waals surface area contributed by atoms with Crippen LogP contribution in [-0.4, -0.2) is 18.1 Å². The van der Waals surface area contributed by atoms with Crippen LogP contribution in [0.2, 0.25) is 0 Å². The molecule has 2 aromatic rings. The first-order valence-corrected chi connectivity index (χ1v) is 6.02. The predicted octanol–water partition coefficient (Wildman–Crippen LogP) is 3.38. The van der Waals surface area contributed by atoms with E-state index in [0.29, 0.717) is 17.0 Å². The number of halogens is 3. The van der Waals surface area contributed by atoms with Crippen molar-refractivity contribution in [3.63, 3.8) is 0 Å². The van der Waals surface area contributed by atoms with Crippen LogP contribution in [-0.2, 0) is 22.1 Å². The summed E-state index contributed by atoms with van der Waals surface area (Å²) in [5, 5.41) is 0. The van der Waals surface area contributed by atoms with Crippen molar-refractivity contribution in [3.8, 4) is 11.5 Å². The number of oxazole rings is 1. The minimum Gasteiger partial charge on any atom is -0.469 e. The van der Waals surface area contributed by atoms with Crippen molar-refractivity contribution in [2.24, 2.45) is 0 Å². The Hall–Kier alpha value is -2.31. The number of ether oxygens (including phenoxy) is 1. The Labute approximate surface area is 118 Å². The fraction of sp³-hybridized carbons (Fsp3) is 0.286. The summed E-state index contributed by atoms with van der Waals surface area (Å²) in [4.78, 5) is 15.3. The summed E-state index contributed by atoms with van der Waals surface area (Å²) in [5.41, 5.74) is 0.0586. The molecule has 0 amide bonds. The molecule has 21 heavy (non-hydrogen) atoms. The normalized spacial score (nSPS) is 11.5. The fourth-order valence-corrected chi connectivity index (χ4v) is 1.73. The molecule has 0 atom stereocenters. The third-order valence-corrected chi connectivity index (χ3v) is 2.89. The largest absolute Gasteiger partial charge is 0.469 e. The number of rotatable bonds is 3. The molecule has 0 N–H and O–H groups in total. The lowest BCUT2D eigenvalue weighted by Crippen LogP contribution is -2.05. The molecule has 2 rings (SSSR count). The summed E-state index contributed by atoms with van der Waals surface area (Å²) < 4.78 is 47.3. The van der Waals surface area contributed by atoms with E-state index in [1.165, 1.54) is 19.2 Å². The van der Waals surface area contributed by atoms with Crippen LogP contribution >= 0.6 is 0 Å². The zero-order valence-electron chi connectivity index (χ0n) is 11.3. The van der Waals surface area contributed by atoms with E-state index in [-0.39, 0.29) is 12.3 Å². The number of methoxy groups -OCH3 is 1. The standard InChI is InChI=1S/C14H12F3NO3/c1-8-11(7-12(19)20-2)18-13(21-8)9-3-5-10(6-4-9)14(15,16)17/h3-6H,7H2,1-2H3. The maximum atomic E-state index is 12.5. The van der Waals surface area contributed by atoms with Crippen LogP contribution in [0.1, 0.15) is 17.0 Å². The average molecular weight is 299 g/mol. The van der Waals surface area contributed by atoms with Gasteiger partial charge in [-0.3, -0.25) is 4.79 Å². The van der Waals surface area contributed by atoms with Crippen molar-refractivity contribution < 1.29 is 27.1 Å². The van der Waals surface area contributed by atoms with E-state index in [4.69, 9.17) is 4.42 Å². The third kappa shape index (κ3) is 3.42. The van der Waals surface area contributed by atoms with Gasteiger partial charge in [0.15, 0.2) is 0 Å². The molecule has 4 nitrogen and oxygen atoms in total. The maximum Gasteiger partial charge on any atom is 0.416 e. The Morgan fingerprint density at radius 3 is 2.43 bits per heavy atom. The van der Waals surface area contributed by atoms with E-state index in [1.54, 1.807) is 6.92 Å². The van der Waals surface area contributed by atoms with Gasteiger partial charge in [0.1, 0.15) is 5.76 Å². The van der Waals surface area contributed by atoms with Crippen LogP contribution < -0.4 is 0 Å². The molecule has 112 valence electrons. The van der Waals surface area contributed by atoms with Crippen LogP contribution in [0.5, 0.6) is 0 Å². The zero-order valence-corrected chi connectivity index (χ0v) is 11.3. The Bertz CT molecular complexity index is 644. The third-order valence-electron chi connectivity index (χ3n) is 2.89. The number of esters is 1. The van der Waals surface area contributed by atoms with Gasteiger partial charge in [-0.2, -0.15) is 13.2 Å². The van der Waals surface area contributed by atoms with Crippen molar-refractivity contribution in [3.05, 3.63) is 41.3 Å². The Morgan fingerprint density at radius 2 is 1.90 bits per heavy atom. The van der Waals surface area contributed by atoms with Crippen LogP contribution in [0, 0.1) is 6.92 Å². The first-order valence-electron chi connectivity index (χ1n) is 6.02. The van der Waals surface area contributed by atoms with Gasteiger partial charge in [-0.05, 0) is 31.2 Å². The lowest BCUT2D eigenvalue weighted by atomic mass is 10.1. The number of benzene rings is 1. The second kappa shape index (κ2) is 5.59. The van der Waals surface area contributed by atoms with Crippen LogP contribution in [0.25, 0.3) is 11.5 Å². The number of aryl methyl sites for hydroxylation is 1. The molecule has 0 saturated carbocycles. The molecule has 1 aromatic heterocycles. The van der Waals surface area contributed by atoms with Gasteiger partial charge < -0.3 is 9.15 Å². The summed E-state index contributed by atoms with van der Waals surface area (Å²) >= 11 is 0. The molecule has 0 aliphatic rings. The lowest BCUT2D eigenvalue weighted by molar-refractivity contribution is -0.140. The summed E-state index contributed by atoms with van der Waals surface area (Å²) in [5.74, 6) is 0.126. The molecule has 0 fully saturated rings. The zero-order chi connectivity index (χ0) is 15.6. The van der Waals surface area contributed by atoms with E-state index < -0.39 is 17.7 Å². The number of nitrogens with zero attached hydrogens (tertiary/aromatic N) is 1. The SMILES string of the molecule is COC(=O)Cc1nc(-c2ccc(C(F)(F)F)cc2)oc1C. The summed E-state index contributed by atoms with van der Waals surface area (Å²) in [6, 6.07) is 4.45. The molecule has 1 aromatic carbocycles. The maximum absolute atomic E-state index is 12.5. The molecule has 0 bridgehead atoms. The second-order valence-corrected chi connectivity index (χ2v) is 4.35. The number of aromatic nitrogens is 1. The average Bonchev–Trinajstić information content (AvgIpc) is 2.79. The fourth-order valence-electron chi connectivity index (χ4n) is 1.73. The second-order valence-electron chi connectivity index (χ2n) is 4.35. The quantitative estimate of drug-likeness (QED) is 0.815. The van der Waals surface area contributed by atoms with Crippen molar-refractivity contribution in [2.45, 2.75) is 19.5 Å². The number of carbonyl (C=O) groups is 1. The van der Waals surface area contributed by atoms with Crippen LogP contribution in [0.3, 0.4) is 0 Å². The Kier molecular flexibility index (Phi) is 4.02. The van der Waals surface area contributed by atoms with Crippen molar-refractivity contribution in [1.82, 2.24) is 4.98 Å². The number of alkyl halides is 3. The molecule has 0 spiro atoms. The smallest absolute Gasteiger partial charge is 0.416 e. The summed E-state index contributed by atoms with van der Waals surface area (Å²) in [6.45, 7) is 1.62. The number of carbonyl (C=O) groups excluding carboxylic acids is 1. The molecular formula is C14H12F3NO3. The molecule has 0 radical (unpaired) electrons. The van der Waals surface area contributed by atoms with Gasteiger partial charge in [-0.1, -0.05) is 0 Å². The number of hydrogen-bond donors (Lipinski definition) is 0. The van der Waals surface area contributed by atoms with Gasteiger partial charge in [0, 0.05) is 5.56 Å². The molecule has 7 heteroatoms. The van der Waals surface area contributed by atoms with Gasteiger partial charge in [0.05, 0.1) is 24.8 Å². The minimum atomic E-state index is -4.39. The highest BCUT2D eigenvalue weighted by Crippen LogP contribution is 2.31. The van der Waals surface area contributed by atoms with Gasteiger partial charge in [0.25, 0.3) is 0 Å². The van der Waals surface area contributed by atoms with Crippen LogP contribution in [0.15, 0.2) is 28.7 Å². The molecule has 0 aliphatic carbocycles. The van der Waals surface area contributed by atoms with Gasteiger partial charge in [-0.25, -0.2) is 4.98 Å². The highest BCUT2D eigenvalue weighted by Gasteiger charge is 2.30. The molecule has 0 saturated heterocycles. The molecule has 0 aliphatic heterocycles. The minimum absolute atomic E-state index is 0.0491. The van der Waals surface area contributed by atoms with E-state index >= 15 is 0 Å². The highest BCUT2D eigenvalue weighted by atomic mass is 19.4. The van der Waals surface area contributed by atoms with Gasteiger partial charge in [-0.15, -0.1) is 0 Å². The molecular weight excluding hydrogens is 287 g/mol. The highest BCUT2D eigenvalue weighted by molar-refractivity contribution is 5.72. The van der Waals surface area contributed by atoms with E-state index in [9.17, 15) is 18.0 Å². The van der Waals surface area contributed by atoms with E-state index in [2.05, 4.69) is 9.72 Å². The molecule has 1 heterocycles. The van der Waals surface area contributed by atoms with E-state index in [1.807, 2.05) is 0 Å². The lowest BCUT2D eigenvalue weighted by Gasteiger charge is -2.06. The first-order chi connectivity index (χ1) is 9.81. The van der Waals surface area contributed by atoms with Crippen molar-refractivity contribution >= 4 is 5.97 Å². The van der Waals surface area contributed by atoms with Gasteiger partial charge in [0.2, 0.25) is 5.89 Å². The Balaban J connectivity index is 2.26. The molecule has 0 unspecified atom stereocenters. The summed E-state index contributed by atoms with van der Waals surface area (Å²) in [6.07, 6.45) is -4.44. The topological polar surface area (TPSA) is 52.3 Å². The van der Waals surface area contributed by atoms with Crippen LogP contribution in [0.4, 0.5) is 13.2 Å². The van der Waals surface area contributed by atoms with E-state index in [0.717, 1.165) is 12.1 Å². The van der Waals surface area contributed by atoms with Crippen molar-refractivity contribution in [2.75, 3.05) is 7.11 Å². The predicted molar refractivity (Wildman–Crippen MR) is 67.4 cm³/mol. The van der Waals surface area contributed by atoms with Crippen molar-refractivity contribution in [1.29, 1.82) is 0 Å². The Morgan fingerprint density at radius 1 is 1.29 bits per heavy atom. The first kappa shape index (κ1) is 15.1. The van der Waals surface area contributed by atoms with Gasteiger partial charge >= 0.3 is 12.1 Å². The summed E-state index contributed by atoms with van der Waals surface area (Å²) in [7, 11) is 1.26.